The van der Waals surface area contributed by atoms with Crippen molar-refractivity contribution in [3.8, 4) is 6.07 Å². The van der Waals surface area contributed by atoms with Crippen molar-refractivity contribution >= 4 is 17.1 Å². The zero-order valence-electron chi connectivity index (χ0n) is 11.4. The maximum atomic E-state index is 10.7. The molecule has 0 unspecified atom stereocenters. The van der Waals surface area contributed by atoms with E-state index in [4.69, 9.17) is 5.26 Å². The van der Waals surface area contributed by atoms with E-state index in [1.807, 2.05) is 19.1 Å². The van der Waals surface area contributed by atoms with Crippen molar-refractivity contribution in [3.63, 3.8) is 0 Å². The first-order valence-corrected chi connectivity index (χ1v) is 6.32. The summed E-state index contributed by atoms with van der Waals surface area (Å²) >= 11 is 0. The maximum absolute atomic E-state index is 10.7. The molecule has 0 spiro atoms. The zero-order chi connectivity index (χ0) is 15.2. The quantitative estimate of drug-likeness (QED) is 0.679. The van der Waals surface area contributed by atoms with Crippen molar-refractivity contribution in [3.05, 3.63) is 75.8 Å². The molecule has 0 fully saturated rings. The maximum Gasteiger partial charge on any atom is 0.269 e. The first kappa shape index (κ1) is 14.3. The molecule has 21 heavy (non-hydrogen) atoms. The predicted octanol–water partition coefficient (Wildman–Crippen LogP) is 3.94. The van der Waals surface area contributed by atoms with Gasteiger partial charge in [0, 0.05) is 23.5 Å². The Balaban J connectivity index is 2.24. The summed E-state index contributed by atoms with van der Waals surface area (Å²) in [7, 11) is 0. The third-order valence-electron chi connectivity index (χ3n) is 2.95. The van der Waals surface area contributed by atoms with E-state index in [1.165, 1.54) is 12.1 Å². The van der Waals surface area contributed by atoms with E-state index in [2.05, 4.69) is 11.4 Å². The highest BCUT2D eigenvalue weighted by Gasteiger charge is 2.07. The normalized spacial score (nSPS) is 10.8. The molecule has 2 rings (SSSR count). The Labute approximate surface area is 122 Å². The summed E-state index contributed by atoms with van der Waals surface area (Å²) in [6.45, 7) is 1.87. The fourth-order valence-electron chi connectivity index (χ4n) is 1.90. The van der Waals surface area contributed by atoms with Crippen LogP contribution in [-0.2, 0) is 0 Å². The number of benzene rings is 2. The average Bonchev–Trinajstić information content (AvgIpc) is 2.53. The number of nitro benzene ring substituents is 1. The second kappa shape index (κ2) is 6.35. The van der Waals surface area contributed by atoms with Crippen LogP contribution in [0.4, 0.5) is 11.4 Å². The fourth-order valence-corrected chi connectivity index (χ4v) is 1.90. The molecular weight excluding hydrogens is 266 g/mol. The van der Waals surface area contributed by atoms with Crippen LogP contribution in [0.15, 0.2) is 54.6 Å². The van der Waals surface area contributed by atoms with Gasteiger partial charge in [-0.15, -0.1) is 0 Å². The van der Waals surface area contributed by atoms with E-state index in [0.29, 0.717) is 5.56 Å². The average molecular weight is 279 g/mol. The third kappa shape index (κ3) is 3.45. The molecule has 0 saturated heterocycles. The first-order chi connectivity index (χ1) is 10.1. The van der Waals surface area contributed by atoms with Crippen LogP contribution in [0.25, 0.3) is 5.70 Å². The van der Waals surface area contributed by atoms with Gasteiger partial charge in [0.25, 0.3) is 5.69 Å². The van der Waals surface area contributed by atoms with Crippen LogP contribution < -0.4 is 5.32 Å². The van der Waals surface area contributed by atoms with Gasteiger partial charge in [0.2, 0.25) is 0 Å². The van der Waals surface area contributed by atoms with Crippen LogP contribution in [0.5, 0.6) is 0 Å². The lowest BCUT2D eigenvalue weighted by molar-refractivity contribution is -0.384. The number of hydrogen-bond acceptors (Lipinski definition) is 4. The number of nitro groups is 1. The lowest BCUT2D eigenvalue weighted by Crippen LogP contribution is -1.99. The molecule has 2 aromatic rings. The van der Waals surface area contributed by atoms with Gasteiger partial charge in [-0.2, -0.15) is 5.26 Å². The summed E-state index contributed by atoms with van der Waals surface area (Å²) in [5.74, 6) is 0. The molecule has 0 amide bonds. The van der Waals surface area contributed by atoms with Crippen LogP contribution in [0.1, 0.15) is 18.1 Å². The number of nitrogens with one attached hydrogen (secondary N) is 1. The van der Waals surface area contributed by atoms with Crippen molar-refractivity contribution in [2.75, 3.05) is 5.32 Å². The van der Waals surface area contributed by atoms with Gasteiger partial charge in [0.15, 0.2) is 0 Å². The molecule has 0 heterocycles. The Morgan fingerprint density at radius 3 is 2.57 bits per heavy atom. The van der Waals surface area contributed by atoms with E-state index in [-0.39, 0.29) is 5.69 Å². The summed E-state index contributed by atoms with van der Waals surface area (Å²) in [4.78, 5) is 10.2. The number of non-ortho nitro benzene ring substituents is 1. The molecule has 0 aromatic heterocycles. The standard InChI is InChI=1S/C16H13N3O2/c1-2-16(13-6-8-15(9-7-13)19(20)21)18-14-5-3-4-12(10-14)11-17/h2-10,18H,1H3. The molecule has 0 radical (unpaired) electrons. The van der Waals surface area contributed by atoms with Crippen LogP contribution in [-0.4, -0.2) is 4.92 Å². The summed E-state index contributed by atoms with van der Waals surface area (Å²) in [6, 6.07) is 15.5. The molecule has 5 heteroatoms. The smallest absolute Gasteiger partial charge is 0.269 e. The number of anilines is 1. The van der Waals surface area contributed by atoms with Gasteiger partial charge >= 0.3 is 0 Å². The van der Waals surface area contributed by atoms with Gasteiger partial charge in [-0.05, 0) is 42.8 Å². The van der Waals surface area contributed by atoms with E-state index in [0.717, 1.165) is 16.9 Å². The highest BCUT2D eigenvalue weighted by molar-refractivity contribution is 5.77. The molecule has 0 aliphatic rings. The molecule has 0 saturated carbocycles. The van der Waals surface area contributed by atoms with Crippen LogP contribution in [0, 0.1) is 21.4 Å². The summed E-state index contributed by atoms with van der Waals surface area (Å²) < 4.78 is 0. The molecule has 2 aromatic carbocycles. The van der Waals surface area contributed by atoms with Gasteiger partial charge in [-0.1, -0.05) is 12.1 Å². The van der Waals surface area contributed by atoms with Crippen LogP contribution >= 0.6 is 0 Å². The second-order valence-electron chi connectivity index (χ2n) is 4.32. The van der Waals surface area contributed by atoms with Gasteiger partial charge in [0.1, 0.15) is 0 Å². The summed E-state index contributed by atoms with van der Waals surface area (Å²) in [5, 5.41) is 22.8. The molecule has 0 aliphatic carbocycles. The Morgan fingerprint density at radius 1 is 1.29 bits per heavy atom. The number of hydrogen-bond donors (Lipinski definition) is 1. The minimum Gasteiger partial charge on any atom is -0.355 e. The summed E-state index contributed by atoms with van der Waals surface area (Å²) in [6.07, 6.45) is 1.88. The monoisotopic (exact) mass is 279 g/mol. The van der Waals surface area contributed by atoms with Crippen molar-refractivity contribution in [1.29, 1.82) is 5.26 Å². The zero-order valence-corrected chi connectivity index (χ0v) is 11.4. The molecule has 5 nitrogen and oxygen atoms in total. The van der Waals surface area contributed by atoms with Gasteiger partial charge in [-0.3, -0.25) is 10.1 Å². The van der Waals surface area contributed by atoms with Gasteiger partial charge in [0.05, 0.1) is 16.6 Å². The Hall–Kier alpha value is -3.13. The topological polar surface area (TPSA) is 79.0 Å². The van der Waals surface area contributed by atoms with Crippen molar-refractivity contribution < 1.29 is 4.92 Å². The minimum absolute atomic E-state index is 0.0562. The highest BCUT2D eigenvalue weighted by atomic mass is 16.6. The molecule has 0 aliphatic heterocycles. The summed E-state index contributed by atoms with van der Waals surface area (Å²) in [5.41, 5.74) is 3.07. The lowest BCUT2D eigenvalue weighted by atomic mass is 10.1. The molecule has 0 bridgehead atoms. The van der Waals surface area contributed by atoms with Gasteiger partial charge < -0.3 is 5.32 Å². The second-order valence-corrected chi connectivity index (χ2v) is 4.32. The number of nitrogens with zero attached hydrogens (tertiary/aromatic N) is 2. The van der Waals surface area contributed by atoms with Crippen LogP contribution in [0.3, 0.4) is 0 Å². The molecule has 1 N–H and O–H groups in total. The van der Waals surface area contributed by atoms with Crippen molar-refractivity contribution in [2.24, 2.45) is 0 Å². The number of rotatable bonds is 4. The van der Waals surface area contributed by atoms with Crippen molar-refractivity contribution in [1.82, 2.24) is 0 Å². The van der Waals surface area contributed by atoms with E-state index >= 15 is 0 Å². The van der Waals surface area contributed by atoms with Crippen molar-refractivity contribution in [2.45, 2.75) is 6.92 Å². The largest absolute Gasteiger partial charge is 0.355 e. The molecule has 0 atom stereocenters. The number of nitriles is 1. The minimum atomic E-state index is -0.428. The van der Waals surface area contributed by atoms with E-state index in [1.54, 1.807) is 30.3 Å². The molecular formula is C16H13N3O2. The highest BCUT2D eigenvalue weighted by Crippen LogP contribution is 2.21. The number of allylic oxidation sites excluding steroid dienone is 1. The first-order valence-electron chi connectivity index (χ1n) is 6.32. The Kier molecular flexibility index (Phi) is 4.32. The molecule has 104 valence electrons. The van der Waals surface area contributed by atoms with Crippen LogP contribution in [0.2, 0.25) is 0 Å². The fraction of sp³-hybridized carbons (Fsp3) is 0.0625. The SMILES string of the molecule is CC=C(Nc1cccc(C#N)c1)c1ccc([N+](=O)[O-])cc1. The van der Waals surface area contributed by atoms with Gasteiger partial charge in [-0.25, -0.2) is 0 Å². The lowest BCUT2D eigenvalue weighted by Gasteiger charge is -2.11. The third-order valence-corrected chi connectivity index (χ3v) is 2.95. The predicted molar refractivity (Wildman–Crippen MR) is 81.5 cm³/mol. The van der Waals surface area contributed by atoms with E-state index in [9.17, 15) is 10.1 Å². The Bertz CT molecular complexity index is 728. The van der Waals surface area contributed by atoms with E-state index < -0.39 is 4.92 Å². The Morgan fingerprint density at radius 2 is 2.00 bits per heavy atom.